The van der Waals surface area contributed by atoms with Crippen molar-refractivity contribution < 1.29 is 13.2 Å². The van der Waals surface area contributed by atoms with Gasteiger partial charge in [-0.05, 0) is 57.0 Å². The highest BCUT2D eigenvalue weighted by molar-refractivity contribution is 7.89. The van der Waals surface area contributed by atoms with Crippen molar-refractivity contribution in [2.45, 2.75) is 43.5 Å². The molecule has 1 amide bonds. The normalized spacial score (nSPS) is 19.1. The molecule has 140 valence electrons. The summed E-state index contributed by atoms with van der Waals surface area (Å²) in [5.41, 5.74) is 0.476. The molecule has 1 aliphatic heterocycles. The van der Waals surface area contributed by atoms with Crippen LogP contribution in [0.15, 0.2) is 29.2 Å². The maximum absolute atomic E-state index is 12.2. The second-order valence-corrected chi connectivity index (χ2v) is 8.95. The van der Waals surface area contributed by atoms with Crippen LogP contribution in [0.25, 0.3) is 0 Å². The molecule has 1 fully saturated rings. The van der Waals surface area contributed by atoms with Gasteiger partial charge in [-0.15, -0.1) is 0 Å². The summed E-state index contributed by atoms with van der Waals surface area (Å²) in [6.45, 7) is 5.04. The van der Waals surface area contributed by atoms with Crippen LogP contribution in [-0.4, -0.2) is 63.3 Å². The summed E-state index contributed by atoms with van der Waals surface area (Å²) in [7, 11) is -0.491. The third kappa shape index (κ3) is 5.26. The number of hydrogen-bond acceptors (Lipinski definition) is 4. The number of nitrogens with zero attached hydrogens (tertiary/aromatic N) is 2. The summed E-state index contributed by atoms with van der Waals surface area (Å²) in [6, 6.07) is 6.69. The molecular weight excluding hydrogens is 338 g/mol. The van der Waals surface area contributed by atoms with Gasteiger partial charge in [0.2, 0.25) is 10.0 Å². The zero-order valence-electron chi connectivity index (χ0n) is 15.4. The Kier molecular flexibility index (Phi) is 6.98. The molecule has 0 aromatic heterocycles. The van der Waals surface area contributed by atoms with E-state index in [0.717, 1.165) is 23.8 Å². The van der Waals surface area contributed by atoms with Gasteiger partial charge in [0, 0.05) is 38.8 Å². The van der Waals surface area contributed by atoms with E-state index in [9.17, 15) is 13.2 Å². The van der Waals surface area contributed by atoms with Crippen molar-refractivity contribution in [1.82, 2.24) is 14.5 Å². The van der Waals surface area contributed by atoms with Gasteiger partial charge in [-0.3, -0.25) is 4.79 Å². The molecular formula is C18H29N3O3S. The minimum atomic E-state index is -3.46. The lowest BCUT2D eigenvalue weighted by molar-refractivity contribution is 0.0948. The SMILES string of the molecule is C[C@H]1CCCCN1CCCNC(=O)c1ccc(S(=O)(=O)N(C)C)cc1. The molecule has 25 heavy (non-hydrogen) atoms. The molecule has 1 heterocycles. The zero-order chi connectivity index (χ0) is 18.4. The average Bonchev–Trinajstić information content (AvgIpc) is 2.60. The fourth-order valence-corrected chi connectivity index (χ4v) is 3.97. The number of rotatable bonds is 7. The van der Waals surface area contributed by atoms with Gasteiger partial charge in [0.15, 0.2) is 0 Å². The topological polar surface area (TPSA) is 69.7 Å². The zero-order valence-corrected chi connectivity index (χ0v) is 16.2. The molecule has 1 saturated heterocycles. The summed E-state index contributed by atoms with van der Waals surface area (Å²) in [5, 5.41) is 2.91. The number of likely N-dealkylation sites (tertiary alicyclic amines) is 1. The summed E-state index contributed by atoms with van der Waals surface area (Å²) in [6.07, 6.45) is 4.75. The van der Waals surface area contributed by atoms with Crippen molar-refractivity contribution in [1.29, 1.82) is 0 Å². The first-order valence-corrected chi connectivity index (χ1v) is 10.3. The van der Waals surface area contributed by atoms with E-state index in [0.29, 0.717) is 18.2 Å². The number of amides is 1. The fraction of sp³-hybridized carbons (Fsp3) is 0.611. The molecule has 0 saturated carbocycles. The fourth-order valence-electron chi connectivity index (χ4n) is 3.07. The van der Waals surface area contributed by atoms with Crippen LogP contribution in [0.4, 0.5) is 0 Å². The van der Waals surface area contributed by atoms with Crippen LogP contribution in [0, 0.1) is 0 Å². The summed E-state index contributed by atoms with van der Waals surface area (Å²) < 4.78 is 25.2. The van der Waals surface area contributed by atoms with Crippen molar-refractivity contribution in [3.8, 4) is 0 Å². The third-order valence-electron chi connectivity index (χ3n) is 4.74. The van der Waals surface area contributed by atoms with Crippen LogP contribution in [0.3, 0.4) is 0 Å². The molecule has 0 bridgehead atoms. The molecule has 1 aromatic rings. The molecule has 1 N–H and O–H groups in total. The van der Waals surface area contributed by atoms with Crippen molar-refractivity contribution in [2.24, 2.45) is 0 Å². The smallest absolute Gasteiger partial charge is 0.251 e. The minimum Gasteiger partial charge on any atom is -0.352 e. The highest BCUT2D eigenvalue weighted by atomic mass is 32.2. The molecule has 1 atom stereocenters. The highest BCUT2D eigenvalue weighted by Crippen LogP contribution is 2.16. The van der Waals surface area contributed by atoms with E-state index >= 15 is 0 Å². The monoisotopic (exact) mass is 367 g/mol. The summed E-state index contributed by atoms with van der Waals surface area (Å²) >= 11 is 0. The van der Waals surface area contributed by atoms with Crippen LogP contribution in [-0.2, 0) is 10.0 Å². The Morgan fingerprint density at radius 2 is 1.92 bits per heavy atom. The molecule has 7 heteroatoms. The van der Waals surface area contributed by atoms with E-state index in [1.807, 2.05) is 0 Å². The Morgan fingerprint density at radius 1 is 1.24 bits per heavy atom. The van der Waals surface area contributed by atoms with Crippen molar-refractivity contribution >= 4 is 15.9 Å². The number of hydrogen-bond donors (Lipinski definition) is 1. The lowest BCUT2D eigenvalue weighted by Crippen LogP contribution is -2.39. The second kappa shape index (κ2) is 8.78. The Labute approximate surface area is 151 Å². The van der Waals surface area contributed by atoms with E-state index < -0.39 is 10.0 Å². The van der Waals surface area contributed by atoms with Gasteiger partial charge in [0.1, 0.15) is 0 Å². The molecule has 0 unspecified atom stereocenters. The lowest BCUT2D eigenvalue weighted by Gasteiger charge is -2.33. The van der Waals surface area contributed by atoms with Crippen LogP contribution < -0.4 is 5.32 Å². The molecule has 0 spiro atoms. The van der Waals surface area contributed by atoms with Crippen LogP contribution in [0.2, 0.25) is 0 Å². The van der Waals surface area contributed by atoms with E-state index in [2.05, 4.69) is 17.1 Å². The largest absolute Gasteiger partial charge is 0.352 e. The molecule has 6 nitrogen and oxygen atoms in total. The molecule has 2 rings (SSSR count). The van der Waals surface area contributed by atoms with Crippen LogP contribution in [0.1, 0.15) is 43.0 Å². The maximum atomic E-state index is 12.2. The summed E-state index contributed by atoms with van der Waals surface area (Å²) in [4.78, 5) is 14.8. The van der Waals surface area contributed by atoms with Gasteiger partial charge in [-0.1, -0.05) is 6.42 Å². The summed E-state index contributed by atoms with van der Waals surface area (Å²) in [5.74, 6) is -0.166. The first-order valence-electron chi connectivity index (χ1n) is 8.87. The van der Waals surface area contributed by atoms with Gasteiger partial charge in [-0.25, -0.2) is 12.7 Å². The van der Waals surface area contributed by atoms with Gasteiger partial charge < -0.3 is 10.2 Å². The Balaban J connectivity index is 1.81. The Morgan fingerprint density at radius 3 is 2.52 bits per heavy atom. The van der Waals surface area contributed by atoms with Gasteiger partial charge in [-0.2, -0.15) is 0 Å². The van der Waals surface area contributed by atoms with Crippen molar-refractivity contribution in [3.05, 3.63) is 29.8 Å². The average molecular weight is 368 g/mol. The van der Waals surface area contributed by atoms with Crippen LogP contribution in [0.5, 0.6) is 0 Å². The first-order chi connectivity index (χ1) is 11.8. The predicted octanol–water partition coefficient (Wildman–Crippen LogP) is 1.93. The van der Waals surface area contributed by atoms with Crippen molar-refractivity contribution in [3.63, 3.8) is 0 Å². The number of carbonyl (C=O) groups excluding carboxylic acids is 1. The second-order valence-electron chi connectivity index (χ2n) is 6.80. The number of benzene rings is 1. The Hall–Kier alpha value is -1.44. The van der Waals surface area contributed by atoms with E-state index in [1.54, 1.807) is 12.1 Å². The molecule has 0 aliphatic carbocycles. The number of sulfonamides is 1. The van der Waals surface area contributed by atoms with Crippen molar-refractivity contribution in [2.75, 3.05) is 33.7 Å². The minimum absolute atomic E-state index is 0.166. The van der Waals surface area contributed by atoms with Crippen LogP contribution >= 0.6 is 0 Å². The molecule has 1 aliphatic rings. The van der Waals surface area contributed by atoms with E-state index in [4.69, 9.17) is 0 Å². The quantitative estimate of drug-likeness (QED) is 0.748. The number of carbonyl (C=O) groups is 1. The number of piperidine rings is 1. The standard InChI is InChI=1S/C18H29N3O3S/c1-15-7-4-5-13-21(15)14-6-12-19-18(22)16-8-10-17(11-9-16)25(23,24)20(2)3/h8-11,15H,4-7,12-14H2,1-3H3,(H,19,22)/t15-/m0/s1. The van der Waals surface area contributed by atoms with E-state index in [1.165, 1.54) is 45.5 Å². The van der Waals surface area contributed by atoms with Gasteiger partial charge in [0.25, 0.3) is 5.91 Å². The molecule has 1 aromatic carbocycles. The lowest BCUT2D eigenvalue weighted by atomic mass is 10.0. The molecule has 0 radical (unpaired) electrons. The Bertz CT molecular complexity index is 671. The maximum Gasteiger partial charge on any atom is 0.251 e. The van der Waals surface area contributed by atoms with Gasteiger partial charge >= 0.3 is 0 Å². The third-order valence-corrected chi connectivity index (χ3v) is 6.57. The van der Waals surface area contributed by atoms with Gasteiger partial charge in [0.05, 0.1) is 4.90 Å². The van der Waals surface area contributed by atoms with E-state index in [-0.39, 0.29) is 10.8 Å². The number of nitrogens with one attached hydrogen (secondary N) is 1. The predicted molar refractivity (Wildman–Crippen MR) is 99.2 cm³/mol. The first kappa shape index (κ1) is 19.9. The highest BCUT2D eigenvalue weighted by Gasteiger charge is 2.18.